The number of nitrogens with one attached hydrogen (secondary N) is 1. The summed E-state index contributed by atoms with van der Waals surface area (Å²) >= 11 is 0. The number of rotatable bonds is 4. The molecule has 6 heteroatoms. The van der Waals surface area contributed by atoms with E-state index in [-0.39, 0.29) is 12.2 Å². The van der Waals surface area contributed by atoms with E-state index in [2.05, 4.69) is 15.3 Å². The molecule has 90 valence electrons. The van der Waals surface area contributed by atoms with Crippen molar-refractivity contribution in [1.29, 1.82) is 0 Å². The Morgan fingerprint density at radius 2 is 2.00 bits per heavy atom. The monoisotopic (exact) mass is 233 g/mol. The van der Waals surface area contributed by atoms with Crippen molar-refractivity contribution in [2.75, 3.05) is 6.54 Å². The van der Waals surface area contributed by atoms with Crippen LogP contribution in [0.1, 0.15) is 26.0 Å². The summed E-state index contributed by atoms with van der Waals surface area (Å²) in [7, 11) is 0. The van der Waals surface area contributed by atoms with Crippen molar-refractivity contribution >= 4 is 0 Å². The number of nitrogens with zero attached hydrogens (tertiary/aromatic N) is 2. The highest BCUT2D eigenvalue weighted by Crippen LogP contribution is 2.37. The minimum Gasteiger partial charge on any atom is -0.299 e. The number of halogens is 3. The molecule has 0 aliphatic carbocycles. The summed E-state index contributed by atoms with van der Waals surface area (Å²) in [6.45, 7) is 3.15. The Labute approximate surface area is 92.1 Å². The van der Waals surface area contributed by atoms with Gasteiger partial charge in [-0.1, -0.05) is 6.92 Å². The fourth-order valence-electron chi connectivity index (χ4n) is 1.27. The Hall–Kier alpha value is -1.17. The first-order valence-electron chi connectivity index (χ1n) is 5.00. The third-order valence-corrected chi connectivity index (χ3v) is 2.37. The van der Waals surface area contributed by atoms with Gasteiger partial charge < -0.3 is 0 Å². The molecule has 0 aliphatic heterocycles. The van der Waals surface area contributed by atoms with Crippen LogP contribution in [0.4, 0.5) is 13.2 Å². The van der Waals surface area contributed by atoms with Crippen LogP contribution < -0.4 is 5.32 Å². The molecule has 3 nitrogen and oxygen atoms in total. The second-order valence-electron chi connectivity index (χ2n) is 3.64. The summed E-state index contributed by atoms with van der Waals surface area (Å²) < 4.78 is 38.9. The zero-order valence-corrected chi connectivity index (χ0v) is 9.17. The average Bonchev–Trinajstić information content (AvgIpc) is 2.25. The molecule has 0 bridgehead atoms. The van der Waals surface area contributed by atoms with Crippen molar-refractivity contribution in [2.45, 2.75) is 32.0 Å². The van der Waals surface area contributed by atoms with Crippen LogP contribution in [-0.2, 0) is 5.54 Å². The first-order valence-corrected chi connectivity index (χ1v) is 5.00. The largest absolute Gasteiger partial charge is 0.412 e. The highest BCUT2D eigenvalue weighted by molar-refractivity contribution is 5.13. The molecule has 1 heterocycles. The number of aromatic nitrogens is 2. The van der Waals surface area contributed by atoms with E-state index in [1.807, 2.05) is 0 Å². The van der Waals surface area contributed by atoms with Crippen LogP contribution in [0.15, 0.2) is 18.6 Å². The lowest BCUT2D eigenvalue weighted by Crippen LogP contribution is -2.52. The zero-order valence-electron chi connectivity index (χ0n) is 9.17. The highest BCUT2D eigenvalue weighted by Gasteiger charge is 2.53. The molecule has 1 aromatic rings. The van der Waals surface area contributed by atoms with Crippen LogP contribution in [0.2, 0.25) is 0 Å². The lowest BCUT2D eigenvalue weighted by Gasteiger charge is -2.32. The van der Waals surface area contributed by atoms with Crippen LogP contribution in [0.25, 0.3) is 0 Å². The minimum atomic E-state index is -4.40. The predicted molar refractivity (Wildman–Crippen MR) is 53.7 cm³/mol. The normalized spacial score (nSPS) is 15.8. The summed E-state index contributed by atoms with van der Waals surface area (Å²) in [5, 5.41) is 2.47. The fraction of sp³-hybridized carbons (Fsp3) is 0.600. The van der Waals surface area contributed by atoms with Gasteiger partial charge in [-0.05, 0) is 19.9 Å². The van der Waals surface area contributed by atoms with Crippen LogP contribution in [0.5, 0.6) is 0 Å². The van der Waals surface area contributed by atoms with Crippen molar-refractivity contribution in [2.24, 2.45) is 0 Å². The van der Waals surface area contributed by atoms with Gasteiger partial charge in [0, 0.05) is 12.4 Å². The van der Waals surface area contributed by atoms with Gasteiger partial charge in [-0.15, -0.1) is 0 Å². The highest BCUT2D eigenvalue weighted by atomic mass is 19.4. The number of hydrogen-bond donors (Lipinski definition) is 1. The molecule has 0 saturated carbocycles. The van der Waals surface area contributed by atoms with Gasteiger partial charge in [0.25, 0.3) is 0 Å². The summed E-state index contributed by atoms with van der Waals surface area (Å²) in [4.78, 5) is 7.40. The summed E-state index contributed by atoms with van der Waals surface area (Å²) in [5.41, 5.74) is -2.26. The zero-order chi connectivity index (χ0) is 12.2. The fourth-order valence-corrected chi connectivity index (χ4v) is 1.27. The van der Waals surface area contributed by atoms with Crippen molar-refractivity contribution in [1.82, 2.24) is 15.3 Å². The molecule has 1 rings (SSSR count). The number of hydrogen-bond acceptors (Lipinski definition) is 3. The lowest BCUT2D eigenvalue weighted by molar-refractivity contribution is -0.196. The molecule has 1 aromatic heterocycles. The van der Waals surface area contributed by atoms with Gasteiger partial charge in [0.1, 0.15) is 0 Å². The van der Waals surface area contributed by atoms with Crippen molar-refractivity contribution < 1.29 is 13.2 Å². The average molecular weight is 233 g/mol. The summed E-state index contributed by atoms with van der Waals surface area (Å²) in [5.74, 6) is 0. The van der Waals surface area contributed by atoms with Crippen molar-refractivity contribution in [3.05, 3.63) is 24.3 Å². The van der Waals surface area contributed by atoms with Gasteiger partial charge in [-0.25, -0.2) is 0 Å². The SMILES string of the molecule is CCCNC(C)(c1cnccn1)C(F)(F)F. The molecule has 1 atom stereocenters. The molecule has 16 heavy (non-hydrogen) atoms. The molecular formula is C10H14F3N3. The summed E-state index contributed by atoms with van der Waals surface area (Å²) in [6, 6.07) is 0. The molecule has 0 saturated heterocycles. The van der Waals surface area contributed by atoms with Crippen LogP contribution in [0.3, 0.4) is 0 Å². The van der Waals surface area contributed by atoms with Gasteiger partial charge in [0.2, 0.25) is 0 Å². The smallest absolute Gasteiger partial charge is 0.299 e. The molecule has 0 amide bonds. The molecule has 0 aromatic carbocycles. The van der Waals surface area contributed by atoms with Crippen LogP contribution >= 0.6 is 0 Å². The topological polar surface area (TPSA) is 37.8 Å². The summed E-state index contributed by atoms with van der Waals surface area (Å²) in [6.07, 6.45) is -0.0483. The Morgan fingerprint density at radius 1 is 1.31 bits per heavy atom. The molecule has 0 radical (unpaired) electrons. The van der Waals surface area contributed by atoms with Gasteiger partial charge in [-0.3, -0.25) is 15.3 Å². The molecule has 0 spiro atoms. The maximum atomic E-state index is 13.0. The first kappa shape index (κ1) is 12.9. The maximum Gasteiger partial charge on any atom is 0.412 e. The standard InChI is InChI=1S/C10H14F3N3/c1-3-4-16-9(2,10(11,12)13)8-7-14-5-6-15-8/h5-7,16H,3-4H2,1-2H3. The third kappa shape index (κ3) is 2.49. The van der Waals surface area contributed by atoms with E-state index in [4.69, 9.17) is 0 Å². The minimum absolute atomic E-state index is 0.115. The quantitative estimate of drug-likeness (QED) is 0.866. The van der Waals surface area contributed by atoms with E-state index in [9.17, 15) is 13.2 Å². The number of alkyl halides is 3. The Morgan fingerprint density at radius 3 is 2.44 bits per heavy atom. The Kier molecular flexibility index (Phi) is 3.85. The third-order valence-electron chi connectivity index (χ3n) is 2.37. The Balaban J connectivity index is 3.05. The molecule has 1 N–H and O–H groups in total. The predicted octanol–water partition coefficient (Wildman–Crippen LogP) is 2.25. The van der Waals surface area contributed by atoms with Gasteiger partial charge >= 0.3 is 6.18 Å². The molecule has 0 aliphatic rings. The molecule has 1 unspecified atom stereocenters. The molecular weight excluding hydrogens is 219 g/mol. The van der Waals surface area contributed by atoms with E-state index in [1.54, 1.807) is 6.92 Å². The Bertz CT molecular complexity index is 326. The van der Waals surface area contributed by atoms with E-state index >= 15 is 0 Å². The van der Waals surface area contributed by atoms with Gasteiger partial charge in [0.05, 0.1) is 11.9 Å². The van der Waals surface area contributed by atoms with Gasteiger partial charge in [-0.2, -0.15) is 13.2 Å². The van der Waals surface area contributed by atoms with E-state index < -0.39 is 11.7 Å². The van der Waals surface area contributed by atoms with Crippen molar-refractivity contribution in [3.8, 4) is 0 Å². The van der Waals surface area contributed by atoms with Crippen LogP contribution in [-0.4, -0.2) is 22.7 Å². The van der Waals surface area contributed by atoms with Crippen LogP contribution in [0, 0.1) is 0 Å². The maximum absolute atomic E-state index is 13.0. The lowest BCUT2D eigenvalue weighted by atomic mass is 9.97. The van der Waals surface area contributed by atoms with E-state index in [0.29, 0.717) is 6.42 Å². The van der Waals surface area contributed by atoms with Gasteiger partial charge in [0.15, 0.2) is 5.54 Å². The first-order chi connectivity index (χ1) is 7.42. The van der Waals surface area contributed by atoms with E-state index in [1.165, 1.54) is 12.4 Å². The molecule has 0 fully saturated rings. The van der Waals surface area contributed by atoms with E-state index in [0.717, 1.165) is 13.1 Å². The second-order valence-corrected chi connectivity index (χ2v) is 3.64. The van der Waals surface area contributed by atoms with Crippen molar-refractivity contribution in [3.63, 3.8) is 0 Å². The second kappa shape index (κ2) is 4.78.